The first kappa shape index (κ1) is 16.0. The second kappa shape index (κ2) is 7.16. The number of piperazine rings is 1. The molecule has 2 N–H and O–H groups in total. The van der Waals surface area contributed by atoms with Crippen LogP contribution in [0.15, 0.2) is 48.5 Å². The SMILES string of the molecule is N#Cc1ccccc1N1CCN(Cc2ccc(C(N)=O)cc2)CC1. The Labute approximate surface area is 141 Å². The monoisotopic (exact) mass is 320 g/mol. The molecule has 0 atom stereocenters. The third-order valence-corrected chi connectivity index (χ3v) is 4.38. The highest BCUT2D eigenvalue weighted by atomic mass is 16.1. The van der Waals surface area contributed by atoms with Gasteiger partial charge in [-0.15, -0.1) is 0 Å². The quantitative estimate of drug-likeness (QED) is 0.935. The predicted molar refractivity (Wildman–Crippen MR) is 93.6 cm³/mol. The van der Waals surface area contributed by atoms with Crippen molar-refractivity contribution in [2.75, 3.05) is 31.1 Å². The van der Waals surface area contributed by atoms with E-state index < -0.39 is 5.91 Å². The normalized spacial score (nSPS) is 15.0. The smallest absolute Gasteiger partial charge is 0.248 e. The van der Waals surface area contributed by atoms with Gasteiger partial charge in [-0.25, -0.2) is 0 Å². The fourth-order valence-corrected chi connectivity index (χ4v) is 3.02. The number of primary amides is 1. The Kier molecular flexibility index (Phi) is 4.78. The average molecular weight is 320 g/mol. The molecule has 2 aromatic carbocycles. The molecule has 24 heavy (non-hydrogen) atoms. The van der Waals surface area contributed by atoms with Gasteiger partial charge in [-0.2, -0.15) is 5.26 Å². The first-order valence-electron chi connectivity index (χ1n) is 8.02. The summed E-state index contributed by atoms with van der Waals surface area (Å²) in [7, 11) is 0. The number of nitriles is 1. The van der Waals surface area contributed by atoms with Crippen molar-refractivity contribution < 1.29 is 4.79 Å². The van der Waals surface area contributed by atoms with E-state index in [0.717, 1.165) is 44.0 Å². The van der Waals surface area contributed by atoms with E-state index in [4.69, 9.17) is 5.73 Å². The van der Waals surface area contributed by atoms with Gasteiger partial charge in [-0.05, 0) is 29.8 Å². The summed E-state index contributed by atoms with van der Waals surface area (Å²) in [5.74, 6) is -0.397. The molecular weight excluding hydrogens is 300 g/mol. The number of carbonyl (C=O) groups excluding carboxylic acids is 1. The average Bonchev–Trinajstić information content (AvgIpc) is 2.63. The van der Waals surface area contributed by atoms with E-state index in [1.807, 2.05) is 36.4 Å². The van der Waals surface area contributed by atoms with Gasteiger partial charge in [0, 0.05) is 38.3 Å². The number of hydrogen-bond acceptors (Lipinski definition) is 4. The fourth-order valence-electron chi connectivity index (χ4n) is 3.02. The van der Waals surface area contributed by atoms with E-state index in [1.54, 1.807) is 12.1 Å². The molecule has 1 aliphatic heterocycles. The topological polar surface area (TPSA) is 73.4 Å². The van der Waals surface area contributed by atoms with Crippen molar-refractivity contribution in [3.8, 4) is 6.07 Å². The molecule has 0 saturated carbocycles. The minimum atomic E-state index is -0.397. The highest BCUT2D eigenvalue weighted by Gasteiger charge is 2.19. The molecular formula is C19H20N4O. The number of benzene rings is 2. The number of amides is 1. The molecule has 0 bridgehead atoms. The summed E-state index contributed by atoms with van der Waals surface area (Å²) < 4.78 is 0. The van der Waals surface area contributed by atoms with Gasteiger partial charge in [-0.1, -0.05) is 24.3 Å². The van der Waals surface area contributed by atoms with E-state index in [2.05, 4.69) is 15.9 Å². The number of para-hydroxylation sites is 1. The number of anilines is 1. The summed E-state index contributed by atoms with van der Waals surface area (Å²) in [6, 6.07) is 17.5. The number of nitrogens with two attached hydrogens (primary N) is 1. The fraction of sp³-hybridized carbons (Fsp3) is 0.263. The molecule has 122 valence electrons. The molecule has 5 heteroatoms. The summed E-state index contributed by atoms with van der Waals surface area (Å²) in [5, 5.41) is 9.24. The Balaban J connectivity index is 1.59. The summed E-state index contributed by atoms with van der Waals surface area (Å²) >= 11 is 0. The molecule has 0 unspecified atom stereocenters. The summed E-state index contributed by atoms with van der Waals surface area (Å²) in [4.78, 5) is 15.8. The number of hydrogen-bond donors (Lipinski definition) is 1. The zero-order valence-corrected chi connectivity index (χ0v) is 13.5. The predicted octanol–water partition coefficient (Wildman–Crippen LogP) is 1.98. The summed E-state index contributed by atoms with van der Waals surface area (Å²) in [6.07, 6.45) is 0. The van der Waals surface area contributed by atoms with Gasteiger partial charge in [0.25, 0.3) is 0 Å². The van der Waals surface area contributed by atoms with Crippen LogP contribution >= 0.6 is 0 Å². The van der Waals surface area contributed by atoms with Crippen LogP contribution in [-0.4, -0.2) is 37.0 Å². The third-order valence-electron chi connectivity index (χ3n) is 4.38. The Morgan fingerprint density at radius 1 is 1.04 bits per heavy atom. The largest absolute Gasteiger partial charge is 0.368 e. The maximum absolute atomic E-state index is 11.1. The van der Waals surface area contributed by atoms with E-state index in [0.29, 0.717) is 5.56 Å². The lowest BCUT2D eigenvalue weighted by atomic mass is 10.1. The zero-order valence-electron chi connectivity index (χ0n) is 13.5. The van der Waals surface area contributed by atoms with Gasteiger partial charge in [0.1, 0.15) is 6.07 Å². The van der Waals surface area contributed by atoms with Gasteiger partial charge < -0.3 is 10.6 Å². The van der Waals surface area contributed by atoms with E-state index in [9.17, 15) is 10.1 Å². The summed E-state index contributed by atoms with van der Waals surface area (Å²) in [5.41, 5.74) is 8.72. The highest BCUT2D eigenvalue weighted by molar-refractivity contribution is 5.92. The van der Waals surface area contributed by atoms with Crippen LogP contribution in [0.25, 0.3) is 0 Å². The Morgan fingerprint density at radius 2 is 1.71 bits per heavy atom. The first-order valence-corrected chi connectivity index (χ1v) is 8.02. The number of nitrogens with zero attached hydrogens (tertiary/aromatic N) is 3. The summed E-state index contributed by atoms with van der Waals surface area (Å²) in [6.45, 7) is 4.54. The highest BCUT2D eigenvalue weighted by Crippen LogP contribution is 2.21. The molecule has 1 amide bonds. The van der Waals surface area contributed by atoms with Crippen LogP contribution in [0.5, 0.6) is 0 Å². The van der Waals surface area contributed by atoms with E-state index in [1.165, 1.54) is 5.56 Å². The van der Waals surface area contributed by atoms with Crippen molar-refractivity contribution >= 4 is 11.6 Å². The molecule has 1 fully saturated rings. The number of carbonyl (C=O) groups is 1. The lowest BCUT2D eigenvalue weighted by molar-refractivity contribution is 0.100. The molecule has 0 radical (unpaired) electrons. The van der Waals surface area contributed by atoms with Crippen LogP contribution in [0.3, 0.4) is 0 Å². The van der Waals surface area contributed by atoms with Crippen LogP contribution in [0.4, 0.5) is 5.69 Å². The third kappa shape index (κ3) is 3.55. The molecule has 3 rings (SSSR count). The Hall–Kier alpha value is -2.84. The standard InChI is InChI=1S/C19H20N4O/c20-13-17-3-1-2-4-18(17)23-11-9-22(10-12-23)14-15-5-7-16(8-6-15)19(21)24/h1-8H,9-12,14H2,(H2,21,24). The van der Waals surface area contributed by atoms with E-state index >= 15 is 0 Å². The Bertz CT molecular complexity index is 756. The second-order valence-corrected chi connectivity index (χ2v) is 5.95. The van der Waals surface area contributed by atoms with Crippen molar-refractivity contribution in [3.63, 3.8) is 0 Å². The minimum absolute atomic E-state index is 0.397. The molecule has 0 spiro atoms. The van der Waals surface area contributed by atoms with Gasteiger partial charge in [0.15, 0.2) is 0 Å². The maximum Gasteiger partial charge on any atom is 0.248 e. The van der Waals surface area contributed by atoms with Crippen molar-refractivity contribution in [2.45, 2.75) is 6.54 Å². The first-order chi connectivity index (χ1) is 11.7. The number of rotatable bonds is 4. The van der Waals surface area contributed by atoms with Gasteiger partial charge >= 0.3 is 0 Å². The lowest BCUT2D eigenvalue weighted by Gasteiger charge is -2.36. The van der Waals surface area contributed by atoms with Crippen molar-refractivity contribution in [1.82, 2.24) is 4.90 Å². The van der Waals surface area contributed by atoms with Gasteiger partial charge in [0.2, 0.25) is 5.91 Å². The van der Waals surface area contributed by atoms with Crippen molar-refractivity contribution in [2.24, 2.45) is 5.73 Å². The van der Waals surface area contributed by atoms with Crippen LogP contribution in [-0.2, 0) is 6.54 Å². The molecule has 1 aliphatic rings. The van der Waals surface area contributed by atoms with E-state index in [-0.39, 0.29) is 0 Å². The molecule has 0 aliphatic carbocycles. The van der Waals surface area contributed by atoms with Crippen LogP contribution in [0.2, 0.25) is 0 Å². The molecule has 1 saturated heterocycles. The Morgan fingerprint density at radius 3 is 2.33 bits per heavy atom. The van der Waals surface area contributed by atoms with Crippen LogP contribution in [0, 0.1) is 11.3 Å². The molecule has 0 aromatic heterocycles. The maximum atomic E-state index is 11.1. The van der Waals surface area contributed by atoms with Crippen molar-refractivity contribution in [1.29, 1.82) is 5.26 Å². The molecule has 5 nitrogen and oxygen atoms in total. The lowest BCUT2D eigenvalue weighted by Crippen LogP contribution is -2.46. The molecule has 2 aromatic rings. The van der Waals surface area contributed by atoms with Crippen molar-refractivity contribution in [3.05, 3.63) is 65.2 Å². The zero-order chi connectivity index (χ0) is 16.9. The van der Waals surface area contributed by atoms with Gasteiger partial charge in [-0.3, -0.25) is 9.69 Å². The van der Waals surface area contributed by atoms with Gasteiger partial charge in [0.05, 0.1) is 11.3 Å². The molecule has 1 heterocycles. The second-order valence-electron chi connectivity index (χ2n) is 5.95. The van der Waals surface area contributed by atoms with Crippen LogP contribution < -0.4 is 10.6 Å². The minimum Gasteiger partial charge on any atom is -0.368 e. The van der Waals surface area contributed by atoms with Crippen LogP contribution in [0.1, 0.15) is 21.5 Å².